The summed E-state index contributed by atoms with van der Waals surface area (Å²) in [5.74, 6) is -0.340. The maximum atomic E-state index is 12.8. The van der Waals surface area contributed by atoms with Gasteiger partial charge in [0.2, 0.25) is 0 Å². The van der Waals surface area contributed by atoms with Crippen molar-refractivity contribution in [2.45, 2.75) is 38.9 Å². The van der Waals surface area contributed by atoms with E-state index in [1.165, 1.54) is 6.20 Å². The van der Waals surface area contributed by atoms with Crippen LogP contribution in [0.25, 0.3) is 5.82 Å². The predicted octanol–water partition coefficient (Wildman–Crippen LogP) is 4.08. The molecule has 3 aromatic heterocycles. The van der Waals surface area contributed by atoms with Crippen molar-refractivity contribution in [3.63, 3.8) is 0 Å². The van der Waals surface area contributed by atoms with Crippen molar-refractivity contribution in [2.75, 3.05) is 11.9 Å². The Bertz CT molecular complexity index is 1140. The maximum Gasteiger partial charge on any atom is 0.419 e. The Morgan fingerprint density at radius 2 is 1.86 bits per heavy atom. The zero-order chi connectivity index (χ0) is 25.6. The molecule has 0 bridgehead atoms. The fourth-order valence-corrected chi connectivity index (χ4v) is 3.26. The van der Waals surface area contributed by atoms with Crippen molar-refractivity contribution >= 4 is 17.7 Å². The summed E-state index contributed by atoms with van der Waals surface area (Å²) < 4.78 is 39.6. The average Bonchev–Trinajstić information content (AvgIpc) is 3.30. The number of anilines is 1. The molecule has 1 atom stereocenters. The fraction of sp³-hybridized carbons (Fsp3) is 0.348. The van der Waals surface area contributed by atoms with Crippen LogP contribution in [-0.2, 0) is 11.0 Å². The number of aliphatic carboxylic acids is 1. The highest BCUT2D eigenvalue weighted by atomic mass is 19.4. The number of carbonyl (C=O) groups is 2. The molecule has 3 aromatic rings. The van der Waals surface area contributed by atoms with Gasteiger partial charge in [-0.2, -0.15) is 18.3 Å². The zero-order valence-electron chi connectivity index (χ0n) is 19.1. The molecule has 0 fully saturated rings. The Hall–Kier alpha value is -3.96. The molecule has 3 rings (SSSR count). The summed E-state index contributed by atoms with van der Waals surface area (Å²) in [4.78, 5) is 31.2. The van der Waals surface area contributed by atoms with E-state index < -0.39 is 23.6 Å². The minimum Gasteiger partial charge on any atom is -0.481 e. The molecule has 0 aromatic carbocycles. The molecule has 1 amide bonds. The number of carboxylic acid groups (broad SMARTS) is 1. The van der Waals surface area contributed by atoms with Crippen LogP contribution in [-0.4, -0.2) is 43.3 Å². The van der Waals surface area contributed by atoms with Crippen molar-refractivity contribution in [2.24, 2.45) is 5.92 Å². The first-order chi connectivity index (χ1) is 16.5. The standard InChI is InChI=1S/C23H25F3N6O3/c1-14(2)9-18(31-19-5-3-16(11-28-19)22(35)27-8-7-21(33)34)15-4-6-20(29-10-15)32-13-17(12-30-32)23(24,25)26/h3-6,10-14,18H,7-9H2,1-2H3,(H,27,35)(H,28,31)(H,33,34). The Morgan fingerprint density at radius 3 is 2.40 bits per heavy atom. The quantitative estimate of drug-likeness (QED) is 0.391. The van der Waals surface area contributed by atoms with E-state index in [4.69, 9.17) is 5.11 Å². The summed E-state index contributed by atoms with van der Waals surface area (Å²) in [6.07, 6.45) is 0.672. The number of carboxylic acids is 1. The number of hydrogen-bond donors (Lipinski definition) is 3. The van der Waals surface area contributed by atoms with Crippen LogP contribution >= 0.6 is 0 Å². The second kappa shape index (κ2) is 11.0. The number of halogens is 3. The predicted molar refractivity (Wildman–Crippen MR) is 121 cm³/mol. The molecule has 1 unspecified atom stereocenters. The van der Waals surface area contributed by atoms with Crippen molar-refractivity contribution < 1.29 is 27.9 Å². The van der Waals surface area contributed by atoms with Gasteiger partial charge in [0.1, 0.15) is 5.82 Å². The summed E-state index contributed by atoms with van der Waals surface area (Å²) >= 11 is 0. The molecule has 0 radical (unpaired) electrons. The highest BCUT2D eigenvalue weighted by molar-refractivity contribution is 5.94. The van der Waals surface area contributed by atoms with Gasteiger partial charge in [0, 0.05) is 25.1 Å². The summed E-state index contributed by atoms with van der Waals surface area (Å²) in [6.45, 7) is 4.12. The smallest absolute Gasteiger partial charge is 0.419 e. The zero-order valence-corrected chi connectivity index (χ0v) is 19.1. The van der Waals surface area contributed by atoms with Crippen LogP contribution in [0.3, 0.4) is 0 Å². The Labute approximate surface area is 199 Å². The molecular weight excluding hydrogens is 465 g/mol. The normalized spacial score (nSPS) is 12.4. The van der Waals surface area contributed by atoms with Gasteiger partial charge in [-0.05, 0) is 36.1 Å². The van der Waals surface area contributed by atoms with Crippen molar-refractivity contribution in [1.82, 2.24) is 25.1 Å². The Morgan fingerprint density at radius 1 is 1.09 bits per heavy atom. The number of hydrogen-bond acceptors (Lipinski definition) is 6. The first kappa shape index (κ1) is 25.7. The third-order valence-electron chi connectivity index (χ3n) is 5.00. The first-order valence-electron chi connectivity index (χ1n) is 10.8. The van der Waals surface area contributed by atoms with Crippen LogP contribution in [0.15, 0.2) is 49.1 Å². The molecule has 0 aliphatic carbocycles. The van der Waals surface area contributed by atoms with Crippen LogP contribution in [0.1, 0.15) is 54.2 Å². The van der Waals surface area contributed by atoms with Gasteiger partial charge in [0.05, 0.1) is 29.8 Å². The van der Waals surface area contributed by atoms with Crippen LogP contribution in [0.4, 0.5) is 19.0 Å². The number of aromatic nitrogens is 4. The van der Waals surface area contributed by atoms with Gasteiger partial charge in [-0.1, -0.05) is 19.9 Å². The molecule has 0 aliphatic rings. The molecule has 0 aliphatic heterocycles. The van der Waals surface area contributed by atoms with Crippen molar-refractivity contribution in [3.8, 4) is 5.82 Å². The van der Waals surface area contributed by atoms with E-state index in [-0.39, 0.29) is 24.8 Å². The summed E-state index contributed by atoms with van der Waals surface area (Å²) in [6, 6.07) is 6.39. The third-order valence-corrected chi connectivity index (χ3v) is 5.00. The SMILES string of the molecule is CC(C)CC(Nc1ccc(C(=O)NCCC(=O)O)cn1)c1ccc(-n2cc(C(F)(F)F)cn2)nc1. The molecule has 12 heteroatoms. The van der Waals surface area contributed by atoms with Crippen LogP contribution in [0, 0.1) is 5.92 Å². The molecule has 35 heavy (non-hydrogen) atoms. The average molecular weight is 490 g/mol. The van der Waals surface area contributed by atoms with E-state index in [9.17, 15) is 22.8 Å². The highest BCUT2D eigenvalue weighted by Gasteiger charge is 2.32. The van der Waals surface area contributed by atoms with Crippen molar-refractivity contribution in [3.05, 3.63) is 65.7 Å². The van der Waals surface area contributed by atoms with E-state index >= 15 is 0 Å². The third kappa shape index (κ3) is 7.26. The second-order valence-electron chi connectivity index (χ2n) is 8.28. The number of alkyl halides is 3. The molecule has 3 N–H and O–H groups in total. The maximum absolute atomic E-state index is 12.8. The first-order valence-corrected chi connectivity index (χ1v) is 10.8. The van der Waals surface area contributed by atoms with Crippen LogP contribution < -0.4 is 10.6 Å². The molecule has 9 nitrogen and oxygen atoms in total. The lowest BCUT2D eigenvalue weighted by atomic mass is 9.98. The van der Waals surface area contributed by atoms with Gasteiger partial charge in [-0.25, -0.2) is 14.6 Å². The lowest BCUT2D eigenvalue weighted by Gasteiger charge is -2.21. The van der Waals surface area contributed by atoms with Gasteiger partial charge in [-0.15, -0.1) is 0 Å². The van der Waals surface area contributed by atoms with Gasteiger partial charge >= 0.3 is 12.1 Å². The van der Waals surface area contributed by atoms with Crippen LogP contribution in [0.2, 0.25) is 0 Å². The molecule has 0 saturated heterocycles. The molecule has 0 spiro atoms. The van der Waals surface area contributed by atoms with E-state index in [1.54, 1.807) is 30.5 Å². The Kier molecular flexibility index (Phi) is 8.05. The monoisotopic (exact) mass is 490 g/mol. The lowest BCUT2D eigenvalue weighted by Crippen LogP contribution is -2.26. The number of nitrogens with zero attached hydrogens (tertiary/aromatic N) is 4. The number of carbonyl (C=O) groups excluding carboxylic acids is 1. The van der Waals surface area contributed by atoms with Gasteiger partial charge in [0.15, 0.2) is 5.82 Å². The van der Waals surface area contributed by atoms with E-state index in [1.807, 2.05) is 0 Å². The number of rotatable bonds is 10. The van der Waals surface area contributed by atoms with E-state index in [2.05, 4.69) is 39.5 Å². The molecular formula is C23H25F3N6O3. The molecule has 0 saturated carbocycles. The topological polar surface area (TPSA) is 122 Å². The minimum absolute atomic E-state index is 0.0175. The van der Waals surface area contributed by atoms with Gasteiger partial charge in [-0.3, -0.25) is 9.59 Å². The highest BCUT2D eigenvalue weighted by Crippen LogP contribution is 2.29. The fourth-order valence-electron chi connectivity index (χ4n) is 3.26. The van der Waals surface area contributed by atoms with E-state index in [0.717, 1.165) is 29.1 Å². The number of amides is 1. The number of nitrogens with one attached hydrogen (secondary N) is 2. The Balaban J connectivity index is 1.70. The van der Waals surface area contributed by atoms with Crippen molar-refractivity contribution in [1.29, 1.82) is 0 Å². The van der Waals surface area contributed by atoms with Crippen LogP contribution in [0.5, 0.6) is 0 Å². The molecule has 3 heterocycles. The molecule has 186 valence electrons. The summed E-state index contributed by atoms with van der Waals surface area (Å²) in [7, 11) is 0. The van der Waals surface area contributed by atoms with E-state index in [0.29, 0.717) is 17.3 Å². The number of pyridine rings is 2. The lowest BCUT2D eigenvalue weighted by molar-refractivity contribution is -0.138. The van der Waals surface area contributed by atoms with Gasteiger partial charge in [0.25, 0.3) is 5.91 Å². The largest absolute Gasteiger partial charge is 0.481 e. The van der Waals surface area contributed by atoms with Gasteiger partial charge < -0.3 is 15.7 Å². The minimum atomic E-state index is -4.48. The summed E-state index contributed by atoms with van der Waals surface area (Å²) in [5, 5.41) is 18.2. The second-order valence-corrected chi connectivity index (χ2v) is 8.28. The summed E-state index contributed by atoms with van der Waals surface area (Å²) in [5.41, 5.74) is 0.251.